The molecule has 0 bridgehead atoms. The molecular formula is C13H14BrN3S2. The van der Waals surface area contributed by atoms with Crippen molar-refractivity contribution in [1.29, 1.82) is 0 Å². The number of halogens is 1. The maximum absolute atomic E-state index is 4.50. The van der Waals surface area contributed by atoms with Crippen LogP contribution in [0, 0.1) is 6.92 Å². The third-order valence-electron chi connectivity index (χ3n) is 3.27. The Bertz CT molecular complexity index is 599. The first-order valence-electron chi connectivity index (χ1n) is 6.10. The van der Waals surface area contributed by atoms with E-state index in [1.54, 1.807) is 0 Å². The fraction of sp³-hybridized carbons (Fsp3) is 0.385. The molecule has 2 aromatic rings. The van der Waals surface area contributed by atoms with Crippen LogP contribution in [-0.4, -0.2) is 22.2 Å². The first-order valence-corrected chi connectivity index (χ1v) is 8.66. The Morgan fingerprint density at radius 2 is 2.26 bits per heavy atom. The van der Waals surface area contributed by atoms with Crippen molar-refractivity contribution in [2.45, 2.75) is 24.3 Å². The quantitative estimate of drug-likeness (QED) is 0.803. The average molecular weight is 356 g/mol. The highest BCUT2D eigenvalue weighted by molar-refractivity contribution is 9.10. The second-order valence-electron chi connectivity index (χ2n) is 4.57. The molecule has 1 aromatic carbocycles. The van der Waals surface area contributed by atoms with Gasteiger partial charge in [-0.1, -0.05) is 15.9 Å². The zero-order chi connectivity index (χ0) is 13.4. The molecule has 1 aromatic heterocycles. The van der Waals surface area contributed by atoms with Crippen molar-refractivity contribution in [3.63, 3.8) is 0 Å². The van der Waals surface area contributed by atoms with E-state index < -0.39 is 0 Å². The zero-order valence-electron chi connectivity index (χ0n) is 10.8. The zero-order valence-corrected chi connectivity index (χ0v) is 14.0. The van der Waals surface area contributed by atoms with E-state index in [9.17, 15) is 0 Å². The lowest BCUT2D eigenvalue weighted by atomic mass is 10.0. The van der Waals surface area contributed by atoms with Gasteiger partial charge < -0.3 is 4.90 Å². The molecule has 2 heterocycles. The Kier molecular flexibility index (Phi) is 3.82. The Hall–Kier alpha value is -0.590. The van der Waals surface area contributed by atoms with Crippen molar-refractivity contribution in [1.82, 2.24) is 9.36 Å². The van der Waals surface area contributed by atoms with Crippen molar-refractivity contribution < 1.29 is 0 Å². The predicted molar refractivity (Wildman–Crippen MR) is 85.3 cm³/mol. The van der Waals surface area contributed by atoms with E-state index in [4.69, 9.17) is 0 Å². The Morgan fingerprint density at radius 3 is 3.00 bits per heavy atom. The highest BCUT2D eigenvalue weighted by Crippen LogP contribution is 2.41. The summed E-state index contributed by atoms with van der Waals surface area (Å²) in [6.07, 6.45) is 1.14. The number of fused-ring (bicyclic) bond motifs is 1. The number of aryl methyl sites for hydroxylation is 1. The lowest BCUT2D eigenvalue weighted by Crippen LogP contribution is -2.27. The van der Waals surface area contributed by atoms with Crippen LogP contribution in [0.1, 0.15) is 23.9 Å². The largest absolute Gasteiger partial charge is 0.343 e. The summed E-state index contributed by atoms with van der Waals surface area (Å²) >= 11 is 6.99. The summed E-state index contributed by atoms with van der Waals surface area (Å²) in [5.41, 5.74) is 1.39. The molecule has 6 heteroatoms. The fourth-order valence-electron chi connectivity index (χ4n) is 2.31. The van der Waals surface area contributed by atoms with Crippen LogP contribution < -0.4 is 4.90 Å². The second-order valence-corrected chi connectivity index (χ2v) is 7.35. The first kappa shape index (κ1) is 13.4. The van der Waals surface area contributed by atoms with E-state index in [-0.39, 0.29) is 0 Å². The summed E-state index contributed by atoms with van der Waals surface area (Å²) in [7, 11) is 2.12. The molecule has 1 atom stereocenters. The summed E-state index contributed by atoms with van der Waals surface area (Å²) in [6, 6.07) is 6.94. The van der Waals surface area contributed by atoms with Gasteiger partial charge in [0.1, 0.15) is 5.82 Å². The Morgan fingerprint density at radius 1 is 1.42 bits per heavy atom. The van der Waals surface area contributed by atoms with E-state index in [1.165, 1.54) is 22.0 Å². The molecule has 0 aliphatic carbocycles. The number of rotatable bonds is 2. The number of thioether (sulfide) groups is 1. The molecule has 0 radical (unpaired) electrons. The number of hydrogen-bond donors (Lipinski definition) is 0. The van der Waals surface area contributed by atoms with Gasteiger partial charge in [0.05, 0.1) is 6.04 Å². The Balaban J connectivity index is 1.96. The van der Waals surface area contributed by atoms with Crippen LogP contribution in [0.15, 0.2) is 27.6 Å². The topological polar surface area (TPSA) is 29.0 Å². The summed E-state index contributed by atoms with van der Waals surface area (Å²) in [4.78, 5) is 8.14. The van der Waals surface area contributed by atoms with Crippen LogP contribution >= 0.6 is 39.2 Å². The summed E-state index contributed by atoms with van der Waals surface area (Å²) < 4.78 is 5.42. The third-order valence-corrected chi connectivity index (χ3v) is 5.78. The van der Waals surface area contributed by atoms with E-state index in [0.717, 1.165) is 27.6 Å². The molecule has 0 spiro atoms. The van der Waals surface area contributed by atoms with Crippen LogP contribution in [0.25, 0.3) is 0 Å². The van der Waals surface area contributed by atoms with Gasteiger partial charge in [0.15, 0.2) is 0 Å². The number of aromatic nitrogens is 2. The van der Waals surface area contributed by atoms with Gasteiger partial charge in [0.2, 0.25) is 5.13 Å². The maximum atomic E-state index is 4.50. The molecule has 0 saturated carbocycles. The first-order chi connectivity index (χ1) is 9.15. The van der Waals surface area contributed by atoms with E-state index >= 15 is 0 Å². The molecule has 0 fully saturated rings. The summed E-state index contributed by atoms with van der Waals surface area (Å²) in [5.74, 6) is 2.01. The van der Waals surface area contributed by atoms with Gasteiger partial charge in [-0.2, -0.15) is 4.37 Å². The van der Waals surface area contributed by atoms with Crippen molar-refractivity contribution in [2.75, 3.05) is 17.7 Å². The second kappa shape index (κ2) is 5.42. The molecule has 1 aliphatic rings. The SMILES string of the molecule is Cc1nsc(N(C)C2CCSc3ccc(Br)cc32)n1. The van der Waals surface area contributed by atoms with Gasteiger partial charge in [-0.15, -0.1) is 11.8 Å². The van der Waals surface area contributed by atoms with Gasteiger partial charge >= 0.3 is 0 Å². The summed E-state index contributed by atoms with van der Waals surface area (Å²) in [6.45, 7) is 1.94. The molecule has 3 rings (SSSR count). The minimum Gasteiger partial charge on any atom is -0.343 e. The van der Waals surface area contributed by atoms with Crippen molar-refractivity contribution >= 4 is 44.4 Å². The molecule has 1 aliphatic heterocycles. The lowest BCUT2D eigenvalue weighted by Gasteiger charge is -2.32. The molecule has 0 amide bonds. The van der Waals surface area contributed by atoms with Crippen LogP contribution in [0.3, 0.4) is 0 Å². The van der Waals surface area contributed by atoms with Gasteiger partial charge in [-0.05, 0) is 37.1 Å². The Labute approximate surface area is 129 Å². The lowest BCUT2D eigenvalue weighted by molar-refractivity contribution is 0.631. The van der Waals surface area contributed by atoms with Crippen molar-refractivity contribution in [3.05, 3.63) is 34.1 Å². The molecule has 100 valence electrons. The monoisotopic (exact) mass is 355 g/mol. The minimum absolute atomic E-state index is 0.390. The average Bonchev–Trinajstić information content (AvgIpc) is 2.84. The van der Waals surface area contributed by atoms with Gasteiger partial charge in [0.25, 0.3) is 0 Å². The minimum atomic E-state index is 0.390. The third kappa shape index (κ3) is 2.66. The highest BCUT2D eigenvalue weighted by Gasteiger charge is 2.26. The predicted octanol–water partition coefficient (Wildman–Crippen LogP) is 4.28. The van der Waals surface area contributed by atoms with E-state index in [0.29, 0.717) is 6.04 Å². The van der Waals surface area contributed by atoms with Crippen LogP contribution in [0.4, 0.5) is 5.13 Å². The standard InChI is InChI=1S/C13H14BrN3S2/c1-8-15-13(19-16-8)17(2)11-5-6-18-12-4-3-9(14)7-10(11)12/h3-4,7,11H,5-6H2,1-2H3. The smallest absolute Gasteiger partial charge is 0.205 e. The van der Waals surface area contributed by atoms with Gasteiger partial charge in [-0.3, -0.25) is 0 Å². The summed E-state index contributed by atoms with van der Waals surface area (Å²) in [5, 5.41) is 1.00. The number of hydrogen-bond acceptors (Lipinski definition) is 5. The molecular weight excluding hydrogens is 342 g/mol. The van der Waals surface area contributed by atoms with E-state index in [2.05, 4.69) is 55.4 Å². The maximum Gasteiger partial charge on any atom is 0.205 e. The molecule has 1 unspecified atom stereocenters. The van der Waals surface area contributed by atoms with E-state index in [1.807, 2.05) is 18.7 Å². The molecule has 19 heavy (non-hydrogen) atoms. The van der Waals surface area contributed by atoms with Crippen LogP contribution in [-0.2, 0) is 0 Å². The molecule has 0 N–H and O–H groups in total. The van der Waals surface area contributed by atoms with Crippen LogP contribution in [0.2, 0.25) is 0 Å². The normalized spacial score (nSPS) is 18.2. The number of anilines is 1. The molecule has 0 saturated heterocycles. The highest BCUT2D eigenvalue weighted by atomic mass is 79.9. The van der Waals surface area contributed by atoms with Crippen molar-refractivity contribution in [2.24, 2.45) is 0 Å². The van der Waals surface area contributed by atoms with Crippen LogP contribution in [0.5, 0.6) is 0 Å². The molecule has 3 nitrogen and oxygen atoms in total. The van der Waals surface area contributed by atoms with Gasteiger partial charge in [-0.25, -0.2) is 4.98 Å². The van der Waals surface area contributed by atoms with Gasteiger partial charge in [0, 0.05) is 33.7 Å². The fourth-order valence-corrected chi connectivity index (χ4v) is 4.46. The number of benzene rings is 1. The van der Waals surface area contributed by atoms with Crippen molar-refractivity contribution in [3.8, 4) is 0 Å². The number of nitrogens with zero attached hydrogens (tertiary/aromatic N) is 3.